The SMILES string of the molecule is CC[C@H]1OC(=O)[C@H](C)[C@@H](O[C@H]2C[C@@](C)(OC)[C@@](O)(CN3CCOCC3)[C@H](C)O2)[C@H](C)[C@@H](O[C@@H]2O[C@H](C)C[C@H](N(C)C)[C@H]2O)[C@@](C)(O)C[C@@H](C)CN[C@H](C)[C@@H](O)[C@]1(C)O. The topological polar surface area (TPSA) is 201 Å². The van der Waals surface area contributed by atoms with Crippen LogP contribution in [-0.2, 0) is 38.0 Å². The lowest BCUT2D eigenvalue weighted by Crippen LogP contribution is -2.70. The van der Waals surface area contributed by atoms with E-state index in [0.29, 0.717) is 39.3 Å². The molecule has 4 rings (SSSR count). The van der Waals surface area contributed by atoms with Gasteiger partial charge in [0.1, 0.15) is 35.1 Å². The van der Waals surface area contributed by atoms with Crippen molar-refractivity contribution in [1.82, 2.24) is 15.1 Å². The molecule has 4 saturated heterocycles. The fourth-order valence-electron chi connectivity index (χ4n) is 9.82. The minimum absolute atomic E-state index is 0.0904. The Hall–Kier alpha value is -1.09. The Labute approximate surface area is 347 Å². The molecule has 4 heterocycles. The summed E-state index contributed by atoms with van der Waals surface area (Å²) in [7, 11) is 5.32. The second-order valence-electron chi connectivity index (χ2n) is 18.9. The number of rotatable bonds is 9. The lowest BCUT2D eigenvalue weighted by atomic mass is 9.74. The van der Waals surface area contributed by atoms with Gasteiger partial charge in [0.25, 0.3) is 0 Å². The van der Waals surface area contributed by atoms with E-state index in [9.17, 15) is 30.3 Å². The highest BCUT2D eigenvalue weighted by Crippen LogP contribution is 2.44. The van der Waals surface area contributed by atoms with Crippen LogP contribution < -0.4 is 5.32 Å². The molecular weight excluding hydrogens is 754 g/mol. The fourth-order valence-corrected chi connectivity index (χ4v) is 9.82. The first-order chi connectivity index (χ1) is 26.9. The number of nitrogens with one attached hydrogen (secondary N) is 1. The molecule has 16 heteroatoms. The molecule has 0 spiro atoms. The Morgan fingerprint density at radius 1 is 0.948 bits per heavy atom. The van der Waals surface area contributed by atoms with E-state index in [0.717, 1.165) is 0 Å². The summed E-state index contributed by atoms with van der Waals surface area (Å²) in [6.07, 6.45) is -7.65. The number of esters is 1. The number of hydrogen-bond donors (Lipinski definition) is 6. The largest absolute Gasteiger partial charge is 0.459 e. The van der Waals surface area contributed by atoms with Gasteiger partial charge in [0, 0.05) is 51.2 Å². The average Bonchev–Trinajstić information content (AvgIpc) is 3.15. The van der Waals surface area contributed by atoms with Crippen LogP contribution in [0.15, 0.2) is 0 Å². The zero-order chi connectivity index (χ0) is 43.5. The Morgan fingerprint density at radius 3 is 2.17 bits per heavy atom. The summed E-state index contributed by atoms with van der Waals surface area (Å²) in [5.74, 6) is -2.68. The smallest absolute Gasteiger partial charge is 0.311 e. The number of likely N-dealkylation sites (N-methyl/N-ethyl adjacent to an activating group) is 1. The van der Waals surface area contributed by atoms with Crippen LogP contribution in [0.5, 0.6) is 0 Å². The van der Waals surface area contributed by atoms with Gasteiger partial charge in [0.05, 0.1) is 49.1 Å². The van der Waals surface area contributed by atoms with E-state index in [1.165, 1.54) is 6.92 Å². The monoisotopic (exact) mass is 834 g/mol. The molecular formula is C42H79N3O13. The second-order valence-corrected chi connectivity index (χ2v) is 18.9. The van der Waals surface area contributed by atoms with Crippen molar-refractivity contribution in [2.24, 2.45) is 17.8 Å². The third kappa shape index (κ3) is 10.9. The quantitative estimate of drug-likeness (QED) is 0.181. The Kier molecular flexibility index (Phi) is 17.1. The number of cyclic esters (lactones) is 1. The van der Waals surface area contributed by atoms with Gasteiger partial charge in [-0.1, -0.05) is 20.8 Å². The molecule has 0 radical (unpaired) electrons. The number of ether oxygens (including phenoxy) is 7. The Morgan fingerprint density at radius 2 is 1.59 bits per heavy atom. The van der Waals surface area contributed by atoms with Crippen molar-refractivity contribution in [3.8, 4) is 0 Å². The van der Waals surface area contributed by atoms with Gasteiger partial charge in [-0.25, -0.2) is 0 Å². The van der Waals surface area contributed by atoms with E-state index < -0.39 is 95.5 Å². The van der Waals surface area contributed by atoms with Crippen LogP contribution in [0.1, 0.15) is 94.9 Å². The highest BCUT2D eigenvalue weighted by atomic mass is 16.7. The molecule has 0 aromatic heterocycles. The lowest BCUT2D eigenvalue weighted by molar-refractivity contribution is -0.339. The van der Waals surface area contributed by atoms with Crippen molar-refractivity contribution >= 4 is 5.97 Å². The standard InChI is InChI=1S/C42H79N3O13/c1-14-31-41(10,50)35(47)28(6)43-22-24(2)20-39(8,49)36(58-38-33(46)30(44(11)12)19-25(3)54-38)26(4)34(27(5)37(48)56-31)57-32-21-40(9,52-13)42(51,29(7)55-32)23-45-15-17-53-18-16-45/h24-36,38,43,46-47,49-51H,14-23H2,1-13H3/t24-,25-,26+,27-,28-,29+,30+,31-,32+,33-,34+,35-,36-,38+,39+,40-,41-,42-/m1/s1. The van der Waals surface area contributed by atoms with Crippen LogP contribution in [0, 0.1) is 17.8 Å². The van der Waals surface area contributed by atoms with Crippen molar-refractivity contribution in [3.05, 3.63) is 0 Å². The number of hydrogen-bond acceptors (Lipinski definition) is 16. The Balaban J connectivity index is 1.79. The molecule has 0 unspecified atom stereocenters. The van der Waals surface area contributed by atoms with Gasteiger partial charge in [-0.2, -0.15) is 0 Å². The predicted octanol–water partition coefficient (Wildman–Crippen LogP) is 1.26. The van der Waals surface area contributed by atoms with Crippen molar-refractivity contribution in [2.75, 3.05) is 60.6 Å². The number of aliphatic hydroxyl groups is 5. The highest BCUT2D eigenvalue weighted by molar-refractivity contribution is 5.73. The number of β-amino-alcohol motifs (C(OH)–C–C–N with tert-alkyl or cyclic N) is 1. The van der Waals surface area contributed by atoms with Gasteiger partial charge in [-0.05, 0) is 94.3 Å². The van der Waals surface area contributed by atoms with Gasteiger partial charge in [0.15, 0.2) is 12.6 Å². The molecule has 0 bridgehead atoms. The van der Waals surface area contributed by atoms with Crippen LogP contribution in [0.4, 0.5) is 0 Å². The lowest BCUT2D eigenvalue weighted by Gasteiger charge is -2.55. The summed E-state index contributed by atoms with van der Waals surface area (Å²) in [6, 6.07) is -0.885. The van der Waals surface area contributed by atoms with E-state index in [1.807, 2.05) is 46.7 Å². The van der Waals surface area contributed by atoms with Gasteiger partial charge < -0.3 is 68.9 Å². The summed E-state index contributed by atoms with van der Waals surface area (Å²) in [5, 5.41) is 63.0. The first-order valence-electron chi connectivity index (χ1n) is 21.5. The molecule has 0 aromatic rings. The normalized spacial score (nSPS) is 48.6. The van der Waals surface area contributed by atoms with Crippen LogP contribution in [0.2, 0.25) is 0 Å². The summed E-state index contributed by atoms with van der Waals surface area (Å²) in [5.41, 5.74) is -5.99. The minimum Gasteiger partial charge on any atom is -0.459 e. The minimum atomic E-state index is -1.82. The van der Waals surface area contributed by atoms with Gasteiger partial charge in [-0.3, -0.25) is 9.69 Å². The van der Waals surface area contributed by atoms with Crippen molar-refractivity contribution in [3.63, 3.8) is 0 Å². The number of methoxy groups -OCH3 is 1. The summed E-state index contributed by atoms with van der Waals surface area (Å²) in [6.45, 7) is 20.7. The van der Waals surface area contributed by atoms with E-state index in [-0.39, 0.29) is 43.9 Å². The van der Waals surface area contributed by atoms with Crippen LogP contribution in [0.25, 0.3) is 0 Å². The van der Waals surface area contributed by atoms with Gasteiger partial charge >= 0.3 is 5.97 Å². The molecule has 4 aliphatic rings. The first-order valence-corrected chi connectivity index (χ1v) is 21.5. The molecule has 4 fully saturated rings. The molecule has 0 aliphatic carbocycles. The molecule has 340 valence electrons. The third-order valence-corrected chi connectivity index (χ3v) is 13.8. The Bertz CT molecular complexity index is 1300. The molecule has 0 amide bonds. The average molecular weight is 834 g/mol. The van der Waals surface area contributed by atoms with Crippen LogP contribution in [-0.4, -0.2) is 192 Å². The van der Waals surface area contributed by atoms with Crippen molar-refractivity contribution in [2.45, 2.75) is 185 Å². The molecule has 58 heavy (non-hydrogen) atoms. The first kappa shape index (κ1) is 49.6. The molecule has 0 saturated carbocycles. The zero-order valence-electron chi connectivity index (χ0n) is 37.6. The molecule has 0 aromatic carbocycles. The highest BCUT2D eigenvalue weighted by Gasteiger charge is 2.59. The third-order valence-electron chi connectivity index (χ3n) is 13.8. The molecule has 16 nitrogen and oxygen atoms in total. The van der Waals surface area contributed by atoms with Crippen molar-refractivity contribution < 1.29 is 63.5 Å². The van der Waals surface area contributed by atoms with Crippen LogP contribution in [0.3, 0.4) is 0 Å². The molecule has 18 atom stereocenters. The van der Waals surface area contributed by atoms with E-state index in [2.05, 4.69) is 10.2 Å². The van der Waals surface area contributed by atoms with Crippen molar-refractivity contribution in [1.29, 1.82) is 0 Å². The molecule has 6 N–H and O–H groups in total. The summed E-state index contributed by atoms with van der Waals surface area (Å²) < 4.78 is 44.1. The van der Waals surface area contributed by atoms with E-state index in [1.54, 1.807) is 41.7 Å². The van der Waals surface area contributed by atoms with E-state index in [4.69, 9.17) is 33.2 Å². The second kappa shape index (κ2) is 20.0. The number of aliphatic hydroxyl groups excluding tert-OH is 2. The number of carbonyl (C=O) groups is 1. The van der Waals surface area contributed by atoms with Gasteiger partial charge in [-0.15, -0.1) is 0 Å². The molecule has 4 aliphatic heterocycles. The maximum absolute atomic E-state index is 14.4. The predicted molar refractivity (Wildman–Crippen MR) is 216 cm³/mol. The van der Waals surface area contributed by atoms with Gasteiger partial charge in [0.2, 0.25) is 0 Å². The zero-order valence-corrected chi connectivity index (χ0v) is 37.6. The number of carbonyl (C=O) groups excluding carboxylic acids is 1. The summed E-state index contributed by atoms with van der Waals surface area (Å²) in [4.78, 5) is 18.4. The van der Waals surface area contributed by atoms with Crippen LogP contribution >= 0.6 is 0 Å². The summed E-state index contributed by atoms with van der Waals surface area (Å²) >= 11 is 0. The number of morpholine rings is 1. The maximum Gasteiger partial charge on any atom is 0.311 e. The number of nitrogens with zero attached hydrogens (tertiary/aromatic N) is 2. The fraction of sp³-hybridized carbons (Fsp3) is 0.976. The van der Waals surface area contributed by atoms with E-state index >= 15 is 0 Å². The maximum atomic E-state index is 14.4.